The molecule has 1 saturated heterocycles. The van der Waals surface area contributed by atoms with Gasteiger partial charge in [-0.3, -0.25) is 0 Å². The van der Waals surface area contributed by atoms with Crippen molar-refractivity contribution < 1.29 is 4.74 Å². The molecule has 1 N–H and O–H groups in total. The summed E-state index contributed by atoms with van der Waals surface area (Å²) < 4.78 is 5.09. The van der Waals surface area contributed by atoms with Gasteiger partial charge in [-0.15, -0.1) is 0 Å². The van der Waals surface area contributed by atoms with Gasteiger partial charge in [0.25, 0.3) is 0 Å². The second kappa shape index (κ2) is 3.94. The first-order valence-electron chi connectivity index (χ1n) is 4.05. The fourth-order valence-corrected chi connectivity index (χ4v) is 1.42. The highest BCUT2D eigenvalue weighted by molar-refractivity contribution is 4.69. The molecule has 0 aromatic carbocycles. The predicted octanol–water partition coefficient (Wildman–Crippen LogP) is 0.878. The molecule has 1 aliphatic rings. The van der Waals surface area contributed by atoms with Crippen LogP contribution in [0.15, 0.2) is 0 Å². The Hall–Kier alpha value is -0.0800. The fourth-order valence-electron chi connectivity index (χ4n) is 1.42. The van der Waals surface area contributed by atoms with E-state index in [9.17, 15) is 0 Å². The summed E-state index contributed by atoms with van der Waals surface area (Å²) in [6, 6.07) is 0. The summed E-state index contributed by atoms with van der Waals surface area (Å²) in [5, 5.41) is 3.18. The maximum Gasteiger partial charge on any atom is 0.0516 e. The van der Waals surface area contributed by atoms with E-state index in [4.69, 9.17) is 4.74 Å². The molecule has 1 fully saturated rings. The van der Waals surface area contributed by atoms with E-state index in [-0.39, 0.29) is 0 Å². The number of rotatable bonds is 4. The molecule has 60 valence electrons. The van der Waals surface area contributed by atoms with Crippen LogP contribution in [0.1, 0.15) is 13.3 Å². The summed E-state index contributed by atoms with van der Waals surface area (Å²) in [7, 11) is 2.01. The smallest absolute Gasteiger partial charge is 0.0516 e. The molecule has 1 unspecified atom stereocenters. The van der Waals surface area contributed by atoms with Crippen LogP contribution >= 0.6 is 0 Å². The van der Waals surface area contributed by atoms with Crippen LogP contribution in [0, 0.1) is 11.8 Å². The maximum atomic E-state index is 5.09. The molecule has 0 aromatic rings. The molecule has 2 heteroatoms. The van der Waals surface area contributed by atoms with Gasteiger partial charge in [0.1, 0.15) is 0 Å². The minimum absolute atomic E-state index is 0.805. The van der Waals surface area contributed by atoms with Crippen LogP contribution in [-0.4, -0.2) is 26.8 Å². The first-order chi connectivity index (χ1) is 4.83. The van der Waals surface area contributed by atoms with Crippen molar-refractivity contribution in [2.75, 3.05) is 26.8 Å². The number of hydrogen-bond donors (Lipinski definition) is 1. The van der Waals surface area contributed by atoms with E-state index in [1.165, 1.54) is 6.42 Å². The van der Waals surface area contributed by atoms with Crippen molar-refractivity contribution in [2.24, 2.45) is 11.8 Å². The Kier molecular flexibility index (Phi) is 3.16. The van der Waals surface area contributed by atoms with Crippen LogP contribution in [0.5, 0.6) is 0 Å². The summed E-state index contributed by atoms with van der Waals surface area (Å²) in [5.41, 5.74) is 0. The lowest BCUT2D eigenvalue weighted by atomic mass is 9.94. The van der Waals surface area contributed by atoms with Gasteiger partial charge in [0.15, 0.2) is 0 Å². The van der Waals surface area contributed by atoms with Crippen LogP contribution in [0.4, 0.5) is 0 Å². The van der Waals surface area contributed by atoms with Crippen LogP contribution in [-0.2, 0) is 4.74 Å². The lowest BCUT2D eigenvalue weighted by molar-refractivity contribution is -0.0413. The molecule has 0 saturated carbocycles. The Morgan fingerprint density at radius 1 is 1.60 bits per heavy atom. The quantitative estimate of drug-likeness (QED) is 0.630. The topological polar surface area (TPSA) is 21.3 Å². The van der Waals surface area contributed by atoms with Gasteiger partial charge in [-0.05, 0) is 25.9 Å². The van der Waals surface area contributed by atoms with Gasteiger partial charge in [-0.2, -0.15) is 0 Å². The predicted molar refractivity (Wildman–Crippen MR) is 42.0 cm³/mol. The van der Waals surface area contributed by atoms with Gasteiger partial charge in [-0.25, -0.2) is 0 Å². The second-order valence-corrected chi connectivity index (χ2v) is 3.30. The number of ether oxygens (including phenoxy) is 1. The Morgan fingerprint density at radius 2 is 2.30 bits per heavy atom. The van der Waals surface area contributed by atoms with Crippen molar-refractivity contribution in [1.82, 2.24) is 5.32 Å². The molecule has 0 radical (unpaired) electrons. The molecule has 0 aliphatic carbocycles. The fraction of sp³-hybridized carbons (Fsp3) is 1.00. The number of nitrogens with one attached hydrogen (secondary N) is 1. The van der Waals surface area contributed by atoms with Gasteiger partial charge in [0.2, 0.25) is 0 Å². The third-order valence-corrected chi connectivity index (χ3v) is 2.00. The first kappa shape index (κ1) is 8.02. The molecule has 1 aliphatic heterocycles. The van der Waals surface area contributed by atoms with Gasteiger partial charge >= 0.3 is 0 Å². The normalized spacial score (nSPS) is 22.2. The van der Waals surface area contributed by atoms with E-state index in [0.717, 1.165) is 31.6 Å². The van der Waals surface area contributed by atoms with Crippen molar-refractivity contribution in [1.29, 1.82) is 0 Å². The molecule has 0 spiro atoms. The maximum absolute atomic E-state index is 5.09. The largest absolute Gasteiger partial charge is 0.381 e. The molecule has 2 nitrogen and oxygen atoms in total. The monoisotopic (exact) mass is 143 g/mol. The van der Waals surface area contributed by atoms with Crippen molar-refractivity contribution in [2.45, 2.75) is 13.3 Å². The van der Waals surface area contributed by atoms with E-state index in [1.54, 1.807) is 0 Å². The third-order valence-electron chi connectivity index (χ3n) is 2.00. The Balaban J connectivity index is 1.99. The van der Waals surface area contributed by atoms with E-state index >= 15 is 0 Å². The highest BCUT2D eigenvalue weighted by atomic mass is 16.5. The Labute approximate surface area is 63.0 Å². The van der Waals surface area contributed by atoms with E-state index < -0.39 is 0 Å². The van der Waals surface area contributed by atoms with Gasteiger partial charge < -0.3 is 10.1 Å². The highest BCUT2D eigenvalue weighted by Crippen LogP contribution is 2.18. The lowest BCUT2D eigenvalue weighted by Gasteiger charge is -2.28. The zero-order valence-corrected chi connectivity index (χ0v) is 6.89. The summed E-state index contributed by atoms with van der Waals surface area (Å²) >= 11 is 0. The van der Waals surface area contributed by atoms with Crippen LogP contribution < -0.4 is 5.32 Å². The minimum atomic E-state index is 0.805. The van der Waals surface area contributed by atoms with Gasteiger partial charge in [0, 0.05) is 5.92 Å². The summed E-state index contributed by atoms with van der Waals surface area (Å²) in [5.74, 6) is 1.65. The van der Waals surface area contributed by atoms with Crippen LogP contribution in [0.3, 0.4) is 0 Å². The summed E-state index contributed by atoms with van der Waals surface area (Å²) in [4.78, 5) is 0. The molecule has 0 bridgehead atoms. The van der Waals surface area contributed by atoms with Crippen molar-refractivity contribution in [3.8, 4) is 0 Å². The molecule has 1 atom stereocenters. The zero-order chi connectivity index (χ0) is 7.40. The minimum Gasteiger partial charge on any atom is -0.381 e. The number of hydrogen-bond acceptors (Lipinski definition) is 2. The molecule has 0 amide bonds. The average molecular weight is 143 g/mol. The first-order valence-corrected chi connectivity index (χ1v) is 4.05. The van der Waals surface area contributed by atoms with Crippen molar-refractivity contribution >= 4 is 0 Å². The Bertz CT molecular complexity index is 91.3. The summed E-state index contributed by atoms with van der Waals surface area (Å²) in [6.07, 6.45) is 1.32. The standard InChI is InChI=1S/C8H17NO/c1-7(4-9-2)3-8-5-10-6-8/h7-9H,3-6H2,1-2H3. The highest BCUT2D eigenvalue weighted by Gasteiger charge is 2.20. The van der Waals surface area contributed by atoms with Crippen molar-refractivity contribution in [3.63, 3.8) is 0 Å². The zero-order valence-electron chi connectivity index (χ0n) is 6.89. The molecular weight excluding hydrogens is 126 g/mol. The lowest BCUT2D eigenvalue weighted by Crippen LogP contribution is -2.31. The average Bonchev–Trinajstić information content (AvgIpc) is 1.80. The van der Waals surface area contributed by atoms with Crippen LogP contribution in [0.2, 0.25) is 0 Å². The molecule has 1 rings (SSSR count). The molecule has 10 heavy (non-hydrogen) atoms. The Morgan fingerprint density at radius 3 is 2.70 bits per heavy atom. The van der Waals surface area contributed by atoms with E-state index in [2.05, 4.69) is 12.2 Å². The van der Waals surface area contributed by atoms with Crippen molar-refractivity contribution in [3.05, 3.63) is 0 Å². The summed E-state index contributed by atoms with van der Waals surface area (Å²) in [6.45, 7) is 5.41. The third kappa shape index (κ3) is 2.27. The van der Waals surface area contributed by atoms with E-state index in [1.807, 2.05) is 7.05 Å². The van der Waals surface area contributed by atoms with E-state index in [0.29, 0.717) is 0 Å². The SMILES string of the molecule is CNCC(C)CC1COC1. The molecular formula is C8H17NO. The van der Waals surface area contributed by atoms with Gasteiger partial charge in [-0.1, -0.05) is 6.92 Å². The second-order valence-electron chi connectivity index (χ2n) is 3.30. The molecule has 0 aromatic heterocycles. The van der Waals surface area contributed by atoms with Crippen LogP contribution in [0.25, 0.3) is 0 Å². The molecule has 1 heterocycles. The van der Waals surface area contributed by atoms with Gasteiger partial charge in [0.05, 0.1) is 13.2 Å².